The van der Waals surface area contributed by atoms with Crippen LogP contribution in [0.4, 0.5) is 30.5 Å². The fourth-order valence-electron chi connectivity index (χ4n) is 4.16. The van der Waals surface area contributed by atoms with Gasteiger partial charge in [-0.05, 0) is 12.8 Å². The number of carbonyl (C=O) groups excluding carboxylic acids is 1. The van der Waals surface area contributed by atoms with E-state index in [2.05, 4.69) is 20.3 Å². The summed E-state index contributed by atoms with van der Waals surface area (Å²) in [7, 11) is 0. The van der Waals surface area contributed by atoms with Crippen molar-refractivity contribution >= 4 is 23.2 Å². The van der Waals surface area contributed by atoms with Crippen LogP contribution in [0, 0.1) is 0 Å². The molecule has 2 aromatic rings. The third-order valence-corrected chi connectivity index (χ3v) is 5.96. The van der Waals surface area contributed by atoms with Crippen LogP contribution in [-0.2, 0) is 20.9 Å². The number of pyridine rings is 1. The van der Waals surface area contributed by atoms with Gasteiger partial charge in [0.25, 0.3) is 0 Å². The van der Waals surface area contributed by atoms with Crippen molar-refractivity contribution in [2.24, 2.45) is 0 Å². The fraction of sp³-hybridized carbons (Fsp3) is 0.524. The summed E-state index contributed by atoms with van der Waals surface area (Å²) in [4.78, 5) is 25.5. The van der Waals surface area contributed by atoms with Gasteiger partial charge in [-0.3, -0.25) is 4.79 Å². The van der Waals surface area contributed by atoms with Gasteiger partial charge in [-0.2, -0.15) is 13.8 Å². The van der Waals surface area contributed by atoms with Gasteiger partial charge < -0.3 is 19.7 Å². The van der Waals surface area contributed by atoms with Crippen molar-refractivity contribution in [3.05, 3.63) is 29.7 Å². The summed E-state index contributed by atoms with van der Waals surface area (Å²) in [5.74, 6) is -3.88. The van der Waals surface area contributed by atoms with E-state index in [-0.39, 0.29) is 36.2 Å². The average molecular weight is 449 g/mol. The minimum atomic E-state index is -3.32. The zero-order chi connectivity index (χ0) is 22.7. The standard InChI is InChI=1S/C21H22F3N5O3/c1-11(30)26-16-5-14-12(7-25-16)21(3-4-21)10-29(14)17-6-18(28-19(27-17)20(2,23)24)32-15-9-31-8-13(15)22/h5-7,13,15H,3-4,8-10H2,1-2H3,(H,25,26,30). The molecule has 0 bridgehead atoms. The highest BCUT2D eigenvalue weighted by Crippen LogP contribution is 2.58. The lowest BCUT2D eigenvalue weighted by molar-refractivity contribution is -0.114. The van der Waals surface area contributed by atoms with Crippen molar-refractivity contribution in [3.63, 3.8) is 0 Å². The number of anilines is 3. The van der Waals surface area contributed by atoms with E-state index in [1.54, 1.807) is 17.2 Å². The van der Waals surface area contributed by atoms with Gasteiger partial charge in [-0.1, -0.05) is 0 Å². The molecule has 2 aromatic heterocycles. The van der Waals surface area contributed by atoms with E-state index in [4.69, 9.17) is 9.47 Å². The van der Waals surface area contributed by atoms with Crippen LogP contribution in [0.2, 0.25) is 0 Å². The molecule has 5 rings (SSSR count). The van der Waals surface area contributed by atoms with Crippen molar-refractivity contribution in [2.45, 2.75) is 50.3 Å². The van der Waals surface area contributed by atoms with Gasteiger partial charge in [0.15, 0.2) is 12.3 Å². The van der Waals surface area contributed by atoms with Crippen LogP contribution in [0.5, 0.6) is 5.88 Å². The van der Waals surface area contributed by atoms with Gasteiger partial charge in [0.2, 0.25) is 17.6 Å². The number of fused-ring (bicyclic) bond motifs is 2. The summed E-state index contributed by atoms with van der Waals surface area (Å²) in [6.45, 7) is 2.51. The highest BCUT2D eigenvalue weighted by atomic mass is 19.3. The fourth-order valence-corrected chi connectivity index (χ4v) is 4.16. The molecule has 2 aliphatic heterocycles. The van der Waals surface area contributed by atoms with Gasteiger partial charge in [0.05, 0.1) is 18.9 Å². The molecule has 2 fully saturated rings. The lowest BCUT2D eigenvalue weighted by Crippen LogP contribution is -2.28. The second-order valence-corrected chi connectivity index (χ2v) is 8.62. The maximum atomic E-state index is 14.2. The van der Waals surface area contributed by atoms with Crippen molar-refractivity contribution in [3.8, 4) is 5.88 Å². The number of nitrogens with zero attached hydrogens (tertiary/aromatic N) is 4. The topological polar surface area (TPSA) is 89.5 Å². The molecule has 1 amide bonds. The molecule has 32 heavy (non-hydrogen) atoms. The Morgan fingerprint density at radius 3 is 2.72 bits per heavy atom. The van der Waals surface area contributed by atoms with E-state index >= 15 is 0 Å². The first-order valence-electron chi connectivity index (χ1n) is 10.4. The van der Waals surface area contributed by atoms with E-state index in [1.165, 1.54) is 13.0 Å². The maximum Gasteiger partial charge on any atom is 0.304 e. The Bertz CT molecular complexity index is 1070. The van der Waals surface area contributed by atoms with Crippen molar-refractivity contribution in [2.75, 3.05) is 30.0 Å². The first kappa shape index (κ1) is 20.9. The molecule has 0 radical (unpaired) electrons. The summed E-state index contributed by atoms with van der Waals surface area (Å²) in [6, 6.07) is 3.14. The van der Waals surface area contributed by atoms with Crippen LogP contribution in [0.3, 0.4) is 0 Å². The second-order valence-electron chi connectivity index (χ2n) is 8.62. The van der Waals surface area contributed by atoms with Crippen molar-refractivity contribution in [1.29, 1.82) is 0 Å². The average Bonchev–Trinajstić information content (AvgIpc) is 3.28. The largest absolute Gasteiger partial charge is 0.469 e. The first-order valence-corrected chi connectivity index (χ1v) is 10.4. The SMILES string of the molecule is CC(=O)Nc1cc2c(cn1)C1(CC1)CN2c1cc(OC2COCC2F)nc(C(C)(F)F)n1. The number of nitrogens with one attached hydrogen (secondary N) is 1. The molecular weight excluding hydrogens is 427 g/mol. The highest BCUT2D eigenvalue weighted by molar-refractivity contribution is 5.89. The predicted octanol–water partition coefficient (Wildman–Crippen LogP) is 3.24. The summed E-state index contributed by atoms with van der Waals surface area (Å²) in [5.41, 5.74) is 1.58. The summed E-state index contributed by atoms with van der Waals surface area (Å²) in [5, 5.41) is 2.64. The Balaban J connectivity index is 1.55. The number of carbonyl (C=O) groups is 1. The van der Waals surface area contributed by atoms with Crippen LogP contribution in [0.1, 0.15) is 38.1 Å². The third-order valence-electron chi connectivity index (χ3n) is 5.96. The number of ether oxygens (including phenoxy) is 2. The number of halogens is 3. The first-order chi connectivity index (χ1) is 15.1. The van der Waals surface area contributed by atoms with Crippen molar-refractivity contribution in [1.82, 2.24) is 15.0 Å². The minimum absolute atomic E-state index is 0.0136. The summed E-state index contributed by atoms with van der Waals surface area (Å²) >= 11 is 0. The van der Waals surface area contributed by atoms with E-state index in [9.17, 15) is 18.0 Å². The van der Waals surface area contributed by atoms with Crippen LogP contribution in [-0.4, -0.2) is 52.9 Å². The van der Waals surface area contributed by atoms with E-state index in [0.717, 1.165) is 24.1 Å². The maximum absolute atomic E-state index is 14.2. The Morgan fingerprint density at radius 2 is 2.09 bits per heavy atom. The second kappa shape index (κ2) is 7.29. The van der Waals surface area contributed by atoms with Crippen LogP contribution >= 0.6 is 0 Å². The zero-order valence-corrected chi connectivity index (χ0v) is 17.6. The molecule has 1 spiro atoms. The molecule has 3 aliphatic rings. The van der Waals surface area contributed by atoms with E-state index in [0.29, 0.717) is 19.3 Å². The number of alkyl halides is 3. The van der Waals surface area contributed by atoms with Crippen LogP contribution in [0.15, 0.2) is 18.3 Å². The monoisotopic (exact) mass is 449 g/mol. The quantitative estimate of drug-likeness (QED) is 0.750. The zero-order valence-electron chi connectivity index (χ0n) is 17.6. The lowest BCUT2D eigenvalue weighted by atomic mass is 10.0. The molecule has 11 heteroatoms. The summed E-state index contributed by atoms with van der Waals surface area (Å²) < 4.78 is 53.0. The molecule has 8 nitrogen and oxygen atoms in total. The molecule has 2 atom stereocenters. The molecule has 4 heterocycles. The molecule has 170 valence electrons. The number of rotatable bonds is 5. The summed E-state index contributed by atoms with van der Waals surface area (Å²) in [6.07, 6.45) is 1.29. The highest BCUT2D eigenvalue weighted by Gasteiger charge is 2.53. The number of aromatic nitrogens is 3. The Labute approximate surface area is 182 Å². The molecular formula is C21H22F3N5O3. The predicted molar refractivity (Wildman–Crippen MR) is 108 cm³/mol. The van der Waals surface area contributed by atoms with Gasteiger partial charge in [0, 0.05) is 49.7 Å². The van der Waals surface area contributed by atoms with E-state index in [1.807, 2.05) is 0 Å². The number of hydrogen-bond acceptors (Lipinski definition) is 7. The van der Waals surface area contributed by atoms with Crippen LogP contribution in [0.25, 0.3) is 0 Å². The lowest BCUT2D eigenvalue weighted by Gasteiger charge is -2.22. The molecule has 0 aromatic carbocycles. The molecule has 2 unspecified atom stereocenters. The molecule has 1 saturated carbocycles. The molecule has 1 saturated heterocycles. The molecule has 1 aliphatic carbocycles. The number of amides is 1. The minimum Gasteiger partial charge on any atom is -0.469 e. The normalized spacial score (nSPS) is 23.3. The molecule has 1 N–H and O–H groups in total. The van der Waals surface area contributed by atoms with Gasteiger partial charge in [-0.15, -0.1) is 0 Å². The van der Waals surface area contributed by atoms with Crippen LogP contribution < -0.4 is 15.0 Å². The van der Waals surface area contributed by atoms with Crippen molar-refractivity contribution < 1.29 is 27.4 Å². The van der Waals surface area contributed by atoms with Gasteiger partial charge >= 0.3 is 5.92 Å². The smallest absolute Gasteiger partial charge is 0.304 e. The number of hydrogen-bond donors (Lipinski definition) is 1. The van der Waals surface area contributed by atoms with Gasteiger partial charge in [-0.25, -0.2) is 14.4 Å². The Kier molecular flexibility index (Phi) is 4.77. The Morgan fingerprint density at radius 1 is 1.31 bits per heavy atom. The third kappa shape index (κ3) is 3.74. The van der Waals surface area contributed by atoms with Gasteiger partial charge in [0.1, 0.15) is 11.6 Å². The Hall–Kier alpha value is -2.95. The van der Waals surface area contributed by atoms with E-state index < -0.39 is 24.0 Å².